The molecule has 1 aromatic carbocycles. The molecule has 3 aromatic rings. The van der Waals surface area contributed by atoms with Crippen LogP contribution in [0.2, 0.25) is 0 Å². The molecule has 8 nitrogen and oxygen atoms in total. The second-order valence-electron chi connectivity index (χ2n) is 8.92. The van der Waals surface area contributed by atoms with Gasteiger partial charge in [-0.3, -0.25) is 19.9 Å². The highest BCUT2D eigenvalue weighted by Gasteiger charge is 2.33. The molecule has 2 aliphatic carbocycles. The van der Waals surface area contributed by atoms with E-state index >= 15 is 0 Å². The van der Waals surface area contributed by atoms with Gasteiger partial charge in [-0.05, 0) is 55.9 Å². The van der Waals surface area contributed by atoms with Crippen molar-refractivity contribution in [3.05, 3.63) is 46.7 Å². The molecule has 2 fully saturated rings. The lowest BCUT2D eigenvalue weighted by Crippen LogP contribution is -2.27. The molecule has 2 heterocycles. The Morgan fingerprint density at radius 1 is 1.16 bits per heavy atom. The third-order valence-electron chi connectivity index (χ3n) is 6.12. The topological polar surface area (TPSA) is 97.3 Å². The Labute approximate surface area is 216 Å². The molecule has 0 saturated heterocycles. The van der Waals surface area contributed by atoms with Crippen molar-refractivity contribution in [2.24, 2.45) is 11.8 Å². The number of carbonyl (C=O) groups excluding carboxylic acids is 2. The predicted molar refractivity (Wildman–Crippen MR) is 135 cm³/mol. The minimum Gasteiger partial charge on any atom is -0.494 e. The number of carbonyl (C=O) groups is 2. The molecule has 0 aliphatic heterocycles. The Bertz CT molecular complexity index is 1420. The summed E-state index contributed by atoms with van der Waals surface area (Å²) in [6.45, 7) is 0. The van der Waals surface area contributed by atoms with Crippen LogP contribution < -0.4 is 15.0 Å². The van der Waals surface area contributed by atoms with Gasteiger partial charge in [0.1, 0.15) is 11.4 Å². The van der Waals surface area contributed by atoms with Crippen LogP contribution in [0.25, 0.3) is 11.1 Å². The van der Waals surface area contributed by atoms with Gasteiger partial charge in [-0.15, -0.1) is 10.2 Å². The van der Waals surface area contributed by atoms with Crippen LogP contribution in [0.1, 0.15) is 53.2 Å². The van der Waals surface area contributed by atoms with Gasteiger partial charge in [-0.25, -0.2) is 8.78 Å². The second-order valence-corrected chi connectivity index (χ2v) is 9.90. The number of rotatable bonds is 7. The van der Waals surface area contributed by atoms with Gasteiger partial charge in [0.15, 0.2) is 5.01 Å². The van der Waals surface area contributed by atoms with E-state index in [2.05, 4.69) is 32.3 Å². The van der Waals surface area contributed by atoms with Gasteiger partial charge < -0.3 is 9.64 Å². The maximum atomic E-state index is 13.5. The zero-order valence-electron chi connectivity index (χ0n) is 20.1. The number of benzene rings is 1. The van der Waals surface area contributed by atoms with Crippen LogP contribution in [-0.2, 0) is 4.79 Å². The third-order valence-corrected chi connectivity index (χ3v) is 6.87. The Kier molecular flexibility index (Phi) is 6.84. The molecule has 0 unspecified atom stereocenters. The molecule has 0 bridgehead atoms. The van der Waals surface area contributed by atoms with Crippen LogP contribution in [0.5, 0.6) is 5.75 Å². The summed E-state index contributed by atoms with van der Waals surface area (Å²) in [6, 6.07) is 6.01. The first-order valence-corrected chi connectivity index (χ1v) is 12.6. The molecule has 37 heavy (non-hydrogen) atoms. The Hall–Kier alpha value is -3.91. The maximum Gasteiger partial charge on any atom is 0.280 e. The first kappa shape index (κ1) is 24.8. The van der Waals surface area contributed by atoms with E-state index in [4.69, 9.17) is 4.74 Å². The van der Waals surface area contributed by atoms with Crippen molar-refractivity contribution < 1.29 is 23.1 Å². The number of methoxy groups -OCH3 is 1. The molecule has 5 rings (SSSR count). The Balaban J connectivity index is 1.52. The van der Waals surface area contributed by atoms with Crippen molar-refractivity contribution in [1.29, 1.82) is 0 Å². The summed E-state index contributed by atoms with van der Waals surface area (Å²) in [5, 5.41) is 11.5. The van der Waals surface area contributed by atoms with Crippen molar-refractivity contribution in [2.75, 3.05) is 24.4 Å². The first-order valence-electron chi connectivity index (χ1n) is 11.7. The van der Waals surface area contributed by atoms with Gasteiger partial charge in [0.05, 0.1) is 13.3 Å². The largest absolute Gasteiger partial charge is 0.494 e. The van der Waals surface area contributed by atoms with Crippen molar-refractivity contribution in [3.8, 4) is 28.7 Å². The van der Waals surface area contributed by atoms with Crippen LogP contribution in [-0.4, -0.2) is 41.2 Å². The molecular weight excluding hydrogens is 500 g/mol. The van der Waals surface area contributed by atoms with Crippen molar-refractivity contribution in [3.63, 3.8) is 0 Å². The highest BCUT2D eigenvalue weighted by atomic mass is 32.1. The number of halogens is 2. The molecule has 1 N–H and O–H groups in total. The molecule has 190 valence electrons. The molecule has 11 heteroatoms. The number of pyridine rings is 1. The van der Waals surface area contributed by atoms with Gasteiger partial charge in [0, 0.05) is 41.3 Å². The average molecular weight is 524 g/mol. The smallest absolute Gasteiger partial charge is 0.280 e. The summed E-state index contributed by atoms with van der Waals surface area (Å²) < 4.78 is 32.4. The predicted octanol–water partition coefficient (Wildman–Crippen LogP) is 4.93. The van der Waals surface area contributed by atoms with Gasteiger partial charge in [0.25, 0.3) is 12.3 Å². The fraction of sp³-hybridized carbons (Fsp3) is 0.346. The second kappa shape index (κ2) is 10.2. The first-order chi connectivity index (χ1) is 17.8. The third kappa shape index (κ3) is 5.59. The van der Waals surface area contributed by atoms with Gasteiger partial charge in [-0.1, -0.05) is 17.3 Å². The standard InChI is InChI=1S/C26H23F2N5O3S/c1-33(25(35)15-6-7-15)16-8-9-17(18(11-16)19-12-20(23(27)28)29-13-21(19)36-2)24(34)30-26-32-31-22(37-26)10-5-14-3-4-14/h8-9,11-15,23H,3-4,6-7H2,1-2H3,(H,30,32,34). The van der Waals surface area contributed by atoms with E-state index < -0.39 is 18.0 Å². The SMILES string of the molecule is COc1cnc(C(F)F)cc1-c1cc(N(C)C(=O)C2CC2)ccc1C(=O)Nc1nnc(C#CC2CC2)s1. The van der Waals surface area contributed by atoms with E-state index in [9.17, 15) is 18.4 Å². The lowest BCUT2D eigenvalue weighted by atomic mass is 9.97. The lowest BCUT2D eigenvalue weighted by Gasteiger charge is -2.20. The maximum absolute atomic E-state index is 13.5. The lowest BCUT2D eigenvalue weighted by molar-refractivity contribution is -0.119. The Morgan fingerprint density at radius 3 is 2.62 bits per heavy atom. The van der Waals surface area contributed by atoms with Crippen LogP contribution >= 0.6 is 11.3 Å². The van der Waals surface area contributed by atoms with Crippen LogP contribution in [0, 0.1) is 23.7 Å². The monoisotopic (exact) mass is 523 g/mol. The fourth-order valence-electron chi connectivity index (χ4n) is 3.72. The van der Waals surface area contributed by atoms with E-state index in [0.717, 1.165) is 37.0 Å². The van der Waals surface area contributed by atoms with Crippen molar-refractivity contribution >= 4 is 34.0 Å². The summed E-state index contributed by atoms with van der Waals surface area (Å²) in [7, 11) is 3.04. The number of amides is 2. The van der Waals surface area contributed by atoms with Gasteiger partial charge >= 0.3 is 0 Å². The van der Waals surface area contributed by atoms with Crippen molar-refractivity contribution in [1.82, 2.24) is 15.2 Å². The zero-order chi connectivity index (χ0) is 26.1. The van der Waals surface area contributed by atoms with E-state index in [0.29, 0.717) is 22.2 Å². The molecule has 2 aromatic heterocycles. The number of nitrogens with one attached hydrogen (secondary N) is 1. The minimum absolute atomic E-state index is 0.0214. The van der Waals surface area contributed by atoms with Gasteiger partial charge in [0.2, 0.25) is 11.0 Å². The quantitative estimate of drug-likeness (QED) is 0.441. The molecule has 0 radical (unpaired) electrons. The molecule has 0 atom stereocenters. The van der Waals surface area contributed by atoms with Crippen molar-refractivity contribution in [2.45, 2.75) is 32.1 Å². The summed E-state index contributed by atoms with van der Waals surface area (Å²) in [5.41, 5.74) is 0.805. The van der Waals surface area contributed by atoms with Gasteiger partial charge in [-0.2, -0.15) is 0 Å². The minimum atomic E-state index is -2.82. The number of aromatic nitrogens is 3. The van der Waals surface area contributed by atoms with E-state index in [1.54, 1.807) is 25.2 Å². The molecule has 0 spiro atoms. The number of hydrogen-bond donors (Lipinski definition) is 1. The number of hydrogen-bond acceptors (Lipinski definition) is 7. The molecular formula is C26H23F2N5O3S. The zero-order valence-corrected chi connectivity index (χ0v) is 20.9. The highest BCUT2D eigenvalue weighted by Crippen LogP contribution is 2.38. The fourth-order valence-corrected chi connectivity index (χ4v) is 4.32. The normalized spacial score (nSPS) is 14.6. The molecule has 2 aliphatic rings. The number of ether oxygens (including phenoxy) is 1. The molecule has 2 amide bonds. The summed E-state index contributed by atoms with van der Waals surface area (Å²) in [5.74, 6) is 6.10. The van der Waals surface area contributed by atoms with E-state index in [1.807, 2.05) is 0 Å². The highest BCUT2D eigenvalue weighted by molar-refractivity contribution is 7.15. The summed E-state index contributed by atoms with van der Waals surface area (Å²) >= 11 is 1.15. The summed E-state index contributed by atoms with van der Waals surface area (Å²) in [4.78, 5) is 31.3. The molecule has 2 saturated carbocycles. The number of nitrogens with zero attached hydrogens (tertiary/aromatic N) is 4. The van der Waals surface area contributed by atoms with E-state index in [-0.39, 0.29) is 33.8 Å². The van der Waals surface area contributed by atoms with Crippen LogP contribution in [0.15, 0.2) is 30.5 Å². The van der Waals surface area contributed by atoms with Crippen LogP contribution in [0.3, 0.4) is 0 Å². The Morgan fingerprint density at radius 2 is 1.95 bits per heavy atom. The average Bonchev–Trinajstić information content (AvgIpc) is 3.84. The number of anilines is 2. The van der Waals surface area contributed by atoms with E-state index in [1.165, 1.54) is 24.3 Å². The van der Waals surface area contributed by atoms with Crippen LogP contribution in [0.4, 0.5) is 19.6 Å². The number of alkyl halides is 2. The summed E-state index contributed by atoms with van der Waals surface area (Å²) in [6.07, 6.45) is 2.21.